The fraction of sp³-hybridized carbons (Fsp3) is 0.667. The molecule has 12 nitrogen and oxygen atoms in total. The largest absolute Gasteiger partial charge is 0.444 e. The maximum atomic E-state index is 13.3. The lowest BCUT2D eigenvalue weighted by Gasteiger charge is -2.38. The average Bonchev–Trinajstić information content (AvgIpc) is 3.42. The quantitative estimate of drug-likeness (QED) is 0.559. The Labute approximate surface area is 216 Å². The predicted octanol–water partition coefficient (Wildman–Crippen LogP) is 2.42. The van der Waals surface area contributed by atoms with Crippen molar-refractivity contribution in [3.05, 3.63) is 30.3 Å². The van der Waals surface area contributed by atoms with Crippen molar-refractivity contribution in [1.29, 1.82) is 0 Å². The number of sulfone groups is 1. The topological polar surface area (TPSA) is 144 Å². The van der Waals surface area contributed by atoms with Gasteiger partial charge < -0.3 is 24.3 Å². The minimum absolute atomic E-state index is 0.248. The number of aromatic nitrogens is 4. The number of nitrogens with zero attached hydrogens (tertiary/aromatic N) is 4. The molecule has 2 aliphatic heterocycles. The van der Waals surface area contributed by atoms with Gasteiger partial charge in [0.25, 0.3) is 5.16 Å². The second kappa shape index (κ2) is 10.6. The van der Waals surface area contributed by atoms with Crippen LogP contribution >= 0.6 is 0 Å². The van der Waals surface area contributed by atoms with Crippen LogP contribution in [0.15, 0.2) is 35.5 Å². The van der Waals surface area contributed by atoms with Gasteiger partial charge >= 0.3 is 6.09 Å². The summed E-state index contributed by atoms with van der Waals surface area (Å²) in [6.45, 7) is 9.40. The number of nitrogens with one attached hydrogen (secondary N) is 1. The number of para-hydroxylation sites is 1. The molecule has 4 rings (SSSR count). The van der Waals surface area contributed by atoms with E-state index in [-0.39, 0.29) is 23.1 Å². The number of tetrazole rings is 1. The monoisotopic (exact) mass is 537 g/mol. The first-order valence-corrected chi connectivity index (χ1v) is 14.0. The van der Waals surface area contributed by atoms with Crippen molar-refractivity contribution >= 4 is 15.9 Å². The van der Waals surface area contributed by atoms with Crippen molar-refractivity contribution in [3.8, 4) is 5.69 Å². The number of benzene rings is 1. The molecule has 1 aromatic heterocycles. The molecule has 2 aromatic rings. The SMILES string of the molecule is CC(C)(C)OC(=O)N[C@@H]1CC[C@@H](CS(=O)(=O)c2nnnn2-c2ccccc2)O[C@@H]1CC1COC(C)(C)O1. The third-order valence-electron chi connectivity index (χ3n) is 6.01. The summed E-state index contributed by atoms with van der Waals surface area (Å²) >= 11 is 0. The number of alkyl carbamates (subject to hydrolysis) is 1. The highest BCUT2D eigenvalue weighted by molar-refractivity contribution is 7.91. The molecule has 2 aliphatic rings. The maximum Gasteiger partial charge on any atom is 0.407 e. The van der Waals surface area contributed by atoms with Crippen LogP contribution in [-0.2, 0) is 28.8 Å². The van der Waals surface area contributed by atoms with Gasteiger partial charge in [-0.1, -0.05) is 23.3 Å². The maximum absolute atomic E-state index is 13.3. The smallest absolute Gasteiger partial charge is 0.407 e. The molecule has 37 heavy (non-hydrogen) atoms. The molecule has 1 aromatic carbocycles. The first-order valence-electron chi connectivity index (χ1n) is 12.3. The molecule has 1 N–H and O–H groups in total. The highest BCUT2D eigenvalue weighted by atomic mass is 32.2. The Kier molecular flexibility index (Phi) is 7.88. The van der Waals surface area contributed by atoms with Crippen molar-refractivity contribution < 1.29 is 32.2 Å². The number of ether oxygens (including phenoxy) is 4. The van der Waals surface area contributed by atoms with E-state index < -0.39 is 39.5 Å². The molecular formula is C24H35N5O7S. The minimum Gasteiger partial charge on any atom is -0.444 e. The van der Waals surface area contributed by atoms with E-state index in [0.29, 0.717) is 31.6 Å². The standard InChI is InChI=1S/C24H35N5O7S/c1-23(2,3)36-22(30)25-19-12-11-17(34-20(19)13-18-14-33-24(4,5)35-18)15-37(31,32)21-26-27-28-29(21)16-9-7-6-8-10-16/h6-10,17-20H,11-15H2,1-5H3,(H,25,30)/t17-,18?,19+,20+/m0/s1. The second-order valence-corrected chi connectivity index (χ2v) is 12.7. The van der Waals surface area contributed by atoms with Gasteiger partial charge in [-0.15, -0.1) is 0 Å². The van der Waals surface area contributed by atoms with Gasteiger partial charge in [0.15, 0.2) is 5.79 Å². The van der Waals surface area contributed by atoms with Crippen LogP contribution in [0.25, 0.3) is 5.69 Å². The molecule has 4 atom stereocenters. The zero-order valence-corrected chi connectivity index (χ0v) is 22.6. The fourth-order valence-electron chi connectivity index (χ4n) is 4.49. The average molecular weight is 538 g/mol. The van der Waals surface area contributed by atoms with Gasteiger partial charge in [0.05, 0.1) is 42.4 Å². The number of amides is 1. The van der Waals surface area contributed by atoms with Crippen molar-refractivity contribution in [2.24, 2.45) is 0 Å². The van der Waals surface area contributed by atoms with Gasteiger partial charge in [0.2, 0.25) is 9.84 Å². The summed E-state index contributed by atoms with van der Waals surface area (Å²) < 4.78 is 51.2. The summed E-state index contributed by atoms with van der Waals surface area (Å²) in [5.74, 6) is -1.02. The Bertz CT molecular complexity index is 1180. The molecule has 204 valence electrons. The van der Waals surface area contributed by atoms with E-state index in [0.717, 1.165) is 0 Å². The number of carbonyl (C=O) groups is 1. The highest BCUT2D eigenvalue weighted by Gasteiger charge is 2.41. The summed E-state index contributed by atoms with van der Waals surface area (Å²) in [5, 5.41) is 13.9. The molecule has 3 heterocycles. The lowest BCUT2D eigenvalue weighted by atomic mass is 9.95. The molecule has 13 heteroatoms. The van der Waals surface area contributed by atoms with Crippen LogP contribution in [0.2, 0.25) is 0 Å². The van der Waals surface area contributed by atoms with Crippen molar-refractivity contribution in [2.75, 3.05) is 12.4 Å². The summed E-state index contributed by atoms with van der Waals surface area (Å²) in [5.41, 5.74) is -0.114. The van der Waals surface area contributed by atoms with Crippen LogP contribution in [0.5, 0.6) is 0 Å². The molecular weight excluding hydrogens is 502 g/mol. The Balaban J connectivity index is 1.48. The van der Waals surface area contributed by atoms with Gasteiger partial charge in [0, 0.05) is 6.42 Å². The Morgan fingerprint density at radius 2 is 1.92 bits per heavy atom. The summed E-state index contributed by atoms with van der Waals surface area (Å²) in [7, 11) is -3.90. The predicted molar refractivity (Wildman–Crippen MR) is 132 cm³/mol. The molecule has 2 saturated heterocycles. The lowest BCUT2D eigenvalue weighted by Crippen LogP contribution is -2.52. The number of hydrogen-bond acceptors (Lipinski definition) is 10. The van der Waals surface area contributed by atoms with Gasteiger partial charge in [-0.3, -0.25) is 0 Å². The van der Waals surface area contributed by atoms with Crippen LogP contribution in [0.1, 0.15) is 53.9 Å². The van der Waals surface area contributed by atoms with Gasteiger partial charge in [-0.25, -0.2) is 13.2 Å². The Morgan fingerprint density at radius 1 is 1.19 bits per heavy atom. The van der Waals surface area contributed by atoms with E-state index in [1.165, 1.54) is 4.68 Å². The van der Waals surface area contributed by atoms with E-state index in [4.69, 9.17) is 18.9 Å². The number of hydrogen-bond donors (Lipinski definition) is 1. The normalized spacial score (nSPS) is 26.1. The van der Waals surface area contributed by atoms with Crippen LogP contribution in [0.4, 0.5) is 4.79 Å². The molecule has 1 unspecified atom stereocenters. The third kappa shape index (κ3) is 7.24. The van der Waals surface area contributed by atoms with E-state index in [1.807, 2.05) is 19.9 Å². The van der Waals surface area contributed by atoms with Crippen LogP contribution in [0.3, 0.4) is 0 Å². The summed E-state index contributed by atoms with van der Waals surface area (Å²) in [4.78, 5) is 12.5. The van der Waals surface area contributed by atoms with Gasteiger partial charge in [-0.2, -0.15) is 4.68 Å². The zero-order chi connectivity index (χ0) is 26.8. The Morgan fingerprint density at radius 3 is 2.57 bits per heavy atom. The van der Waals surface area contributed by atoms with E-state index in [9.17, 15) is 13.2 Å². The van der Waals surface area contributed by atoms with Crippen LogP contribution < -0.4 is 5.32 Å². The lowest BCUT2D eigenvalue weighted by molar-refractivity contribution is -0.147. The van der Waals surface area contributed by atoms with E-state index >= 15 is 0 Å². The van der Waals surface area contributed by atoms with Gasteiger partial charge in [0.1, 0.15) is 5.60 Å². The summed E-state index contributed by atoms with van der Waals surface area (Å²) in [6.07, 6.45) is -0.604. The minimum atomic E-state index is -3.90. The molecule has 0 aliphatic carbocycles. The molecule has 2 fully saturated rings. The summed E-state index contributed by atoms with van der Waals surface area (Å²) in [6, 6.07) is 8.43. The second-order valence-electron chi connectivity index (χ2n) is 10.8. The van der Waals surface area contributed by atoms with Gasteiger partial charge in [-0.05, 0) is 70.0 Å². The molecule has 0 radical (unpaired) electrons. The Hall–Kier alpha value is -2.61. The first-order chi connectivity index (χ1) is 17.3. The molecule has 1 amide bonds. The third-order valence-corrected chi connectivity index (χ3v) is 7.63. The molecule has 0 spiro atoms. The van der Waals surface area contributed by atoms with E-state index in [2.05, 4.69) is 20.8 Å². The van der Waals surface area contributed by atoms with E-state index in [1.54, 1.807) is 45.0 Å². The number of carbonyl (C=O) groups excluding carboxylic acids is 1. The van der Waals surface area contributed by atoms with Crippen LogP contribution in [-0.4, -0.2) is 82.8 Å². The number of rotatable bonds is 7. The fourth-order valence-corrected chi connectivity index (χ4v) is 5.94. The van der Waals surface area contributed by atoms with Crippen LogP contribution in [0, 0.1) is 0 Å². The molecule has 0 bridgehead atoms. The molecule has 0 saturated carbocycles. The van der Waals surface area contributed by atoms with Crippen molar-refractivity contribution in [1.82, 2.24) is 25.5 Å². The zero-order valence-electron chi connectivity index (χ0n) is 21.8. The van der Waals surface area contributed by atoms with Crippen molar-refractivity contribution in [2.45, 2.75) is 94.8 Å². The first kappa shape index (κ1) is 27.4. The van der Waals surface area contributed by atoms with Crippen molar-refractivity contribution in [3.63, 3.8) is 0 Å². The highest BCUT2D eigenvalue weighted by Crippen LogP contribution is 2.31.